The number of nitrogens with zero attached hydrogens (tertiary/aromatic N) is 2. The first-order valence-corrected chi connectivity index (χ1v) is 10.1. The van der Waals surface area contributed by atoms with Crippen LogP contribution in [0.25, 0.3) is 5.76 Å². The highest BCUT2D eigenvalue weighted by Crippen LogP contribution is 2.39. The molecular formula is C23H26N3O5+. The Morgan fingerprint density at radius 3 is 2.26 bits per heavy atom. The number of ketones is 1. The van der Waals surface area contributed by atoms with E-state index in [1.807, 2.05) is 33.2 Å². The fourth-order valence-electron chi connectivity index (χ4n) is 3.71. The molecule has 2 aromatic rings. The van der Waals surface area contributed by atoms with Gasteiger partial charge >= 0.3 is 0 Å². The number of nitro groups is 1. The van der Waals surface area contributed by atoms with Gasteiger partial charge in [-0.25, -0.2) is 0 Å². The molecule has 0 bridgehead atoms. The zero-order valence-electron chi connectivity index (χ0n) is 17.8. The number of aliphatic hydroxyl groups excluding tert-OH is 1. The number of non-ortho nitro benzene ring substituents is 1. The Hall–Kier alpha value is -3.52. The molecule has 0 spiro atoms. The van der Waals surface area contributed by atoms with Crippen LogP contribution in [0.1, 0.15) is 29.2 Å². The Bertz CT molecular complexity index is 1030. The summed E-state index contributed by atoms with van der Waals surface area (Å²) in [6.45, 7) is 3.04. The zero-order valence-corrected chi connectivity index (χ0v) is 17.8. The number of hydrogen-bond donors (Lipinski definition) is 2. The predicted molar refractivity (Wildman–Crippen MR) is 116 cm³/mol. The van der Waals surface area contributed by atoms with Crippen LogP contribution in [0.3, 0.4) is 0 Å². The van der Waals surface area contributed by atoms with E-state index in [4.69, 9.17) is 0 Å². The second kappa shape index (κ2) is 9.09. The maximum Gasteiger partial charge on any atom is 0.295 e. The molecule has 0 aromatic heterocycles. The maximum atomic E-state index is 12.9. The van der Waals surface area contributed by atoms with Gasteiger partial charge in [0.15, 0.2) is 0 Å². The van der Waals surface area contributed by atoms with E-state index in [1.54, 1.807) is 12.1 Å². The van der Waals surface area contributed by atoms with Gasteiger partial charge in [-0.3, -0.25) is 19.7 Å². The molecule has 1 aliphatic heterocycles. The van der Waals surface area contributed by atoms with E-state index in [9.17, 15) is 24.8 Å². The van der Waals surface area contributed by atoms with Crippen LogP contribution in [-0.2, 0) is 9.59 Å². The predicted octanol–water partition coefficient (Wildman–Crippen LogP) is 1.86. The number of Topliss-reactive ketones (excluding diaryl/α,β-unsaturated/α-hetero) is 1. The van der Waals surface area contributed by atoms with Crippen LogP contribution < -0.4 is 4.90 Å². The van der Waals surface area contributed by atoms with Gasteiger partial charge in [-0.1, -0.05) is 29.8 Å². The first-order chi connectivity index (χ1) is 14.7. The number of nitro benzene ring substituents is 1. The molecule has 0 saturated carbocycles. The van der Waals surface area contributed by atoms with Gasteiger partial charge in [-0.05, 0) is 24.6 Å². The van der Waals surface area contributed by atoms with Crippen LogP contribution >= 0.6 is 0 Å². The first kappa shape index (κ1) is 22.2. The number of aliphatic hydroxyl groups is 1. The van der Waals surface area contributed by atoms with Crippen LogP contribution in [0.15, 0.2) is 54.1 Å². The average Bonchev–Trinajstić information content (AvgIpc) is 2.98. The Balaban J connectivity index is 2.09. The van der Waals surface area contributed by atoms with E-state index in [2.05, 4.69) is 0 Å². The smallest absolute Gasteiger partial charge is 0.295 e. The lowest BCUT2D eigenvalue weighted by Gasteiger charge is -2.25. The van der Waals surface area contributed by atoms with Gasteiger partial charge in [0, 0.05) is 30.7 Å². The second-order valence-corrected chi connectivity index (χ2v) is 8.02. The van der Waals surface area contributed by atoms with Crippen LogP contribution in [0.2, 0.25) is 0 Å². The summed E-state index contributed by atoms with van der Waals surface area (Å²) in [5.74, 6) is -1.67. The molecular weight excluding hydrogens is 398 g/mol. The summed E-state index contributed by atoms with van der Waals surface area (Å²) in [5.41, 5.74) is 1.88. The van der Waals surface area contributed by atoms with E-state index < -0.39 is 22.7 Å². The zero-order chi connectivity index (χ0) is 22.7. The minimum absolute atomic E-state index is 0.0000869. The molecule has 2 N–H and O–H groups in total. The molecule has 1 atom stereocenters. The van der Waals surface area contributed by atoms with Gasteiger partial charge < -0.3 is 14.9 Å². The summed E-state index contributed by atoms with van der Waals surface area (Å²) in [7, 11) is 4.00. The third-order valence-corrected chi connectivity index (χ3v) is 5.36. The van der Waals surface area contributed by atoms with E-state index >= 15 is 0 Å². The Kier molecular flexibility index (Phi) is 6.50. The number of quaternary nitrogens is 1. The van der Waals surface area contributed by atoms with Crippen molar-refractivity contribution >= 4 is 23.1 Å². The van der Waals surface area contributed by atoms with Crippen molar-refractivity contribution in [1.29, 1.82) is 0 Å². The number of aryl methyl sites for hydroxylation is 1. The lowest BCUT2D eigenvalue weighted by Crippen LogP contribution is -3.05. The highest BCUT2D eigenvalue weighted by Gasteiger charge is 2.45. The summed E-state index contributed by atoms with van der Waals surface area (Å²) in [5, 5.41) is 22.0. The molecule has 2 aromatic carbocycles. The average molecular weight is 424 g/mol. The van der Waals surface area contributed by atoms with Crippen molar-refractivity contribution in [2.45, 2.75) is 19.4 Å². The van der Waals surface area contributed by atoms with E-state index in [0.717, 1.165) is 12.1 Å². The van der Waals surface area contributed by atoms with Gasteiger partial charge in [0.1, 0.15) is 5.76 Å². The molecule has 0 unspecified atom stereocenters. The van der Waals surface area contributed by atoms with Crippen molar-refractivity contribution in [2.24, 2.45) is 0 Å². The largest absolute Gasteiger partial charge is 0.507 e. The summed E-state index contributed by atoms with van der Waals surface area (Å²) < 4.78 is 0. The monoisotopic (exact) mass is 424 g/mol. The van der Waals surface area contributed by atoms with Crippen LogP contribution in [0.5, 0.6) is 0 Å². The summed E-state index contributed by atoms with van der Waals surface area (Å²) >= 11 is 0. The molecule has 8 nitrogen and oxygen atoms in total. The molecule has 31 heavy (non-hydrogen) atoms. The SMILES string of the molecule is Cc1ccc(C(O)=C2C(=O)C(=O)N(CCC[NH+](C)C)[C@H]2c2ccc([N+](=O)[O-])cc2)cc1. The van der Waals surface area contributed by atoms with Crippen LogP contribution in [0.4, 0.5) is 5.69 Å². The van der Waals surface area contributed by atoms with Crippen LogP contribution in [-0.4, -0.2) is 53.8 Å². The van der Waals surface area contributed by atoms with Crippen molar-refractivity contribution in [1.82, 2.24) is 4.90 Å². The van der Waals surface area contributed by atoms with Gasteiger partial charge in [0.25, 0.3) is 17.4 Å². The number of carbonyl (C=O) groups is 2. The van der Waals surface area contributed by atoms with Crippen molar-refractivity contribution in [3.05, 3.63) is 80.9 Å². The lowest BCUT2D eigenvalue weighted by atomic mass is 9.95. The van der Waals surface area contributed by atoms with E-state index in [-0.39, 0.29) is 17.0 Å². The Morgan fingerprint density at radius 2 is 1.71 bits per heavy atom. The third-order valence-electron chi connectivity index (χ3n) is 5.36. The summed E-state index contributed by atoms with van der Waals surface area (Å²) in [6.07, 6.45) is 0.670. The topological polar surface area (TPSA) is 105 Å². The molecule has 1 aliphatic rings. The van der Waals surface area contributed by atoms with Crippen molar-refractivity contribution < 1.29 is 24.5 Å². The minimum Gasteiger partial charge on any atom is -0.507 e. The summed E-state index contributed by atoms with van der Waals surface area (Å²) in [6, 6.07) is 11.9. The van der Waals surface area contributed by atoms with E-state index in [0.29, 0.717) is 24.1 Å². The highest BCUT2D eigenvalue weighted by molar-refractivity contribution is 6.46. The number of rotatable bonds is 7. The molecule has 162 valence electrons. The molecule has 3 rings (SSSR count). The Labute approximate surface area is 180 Å². The molecule has 1 amide bonds. The molecule has 1 heterocycles. The fourth-order valence-corrected chi connectivity index (χ4v) is 3.71. The van der Waals surface area contributed by atoms with Crippen molar-refractivity contribution in [3.63, 3.8) is 0 Å². The van der Waals surface area contributed by atoms with Crippen LogP contribution in [0, 0.1) is 17.0 Å². The molecule has 0 radical (unpaired) electrons. The van der Waals surface area contributed by atoms with E-state index in [1.165, 1.54) is 34.1 Å². The lowest BCUT2D eigenvalue weighted by molar-refractivity contribution is -0.858. The standard InChI is InChI=1S/C23H25N3O5/c1-15-5-7-17(8-6-15)21(27)19-20(16-9-11-18(12-10-16)26(30)31)25(23(29)22(19)28)14-4-13-24(2)3/h5-12,20,27H,4,13-14H2,1-3H3/p+1/t20-/m0/s1. The number of hydrogen-bond acceptors (Lipinski definition) is 5. The molecule has 8 heteroatoms. The quantitative estimate of drug-likeness (QED) is 0.232. The normalized spacial score (nSPS) is 18.1. The number of likely N-dealkylation sites (tertiary alicyclic amines) is 1. The van der Waals surface area contributed by atoms with Gasteiger partial charge in [-0.15, -0.1) is 0 Å². The first-order valence-electron chi connectivity index (χ1n) is 10.1. The van der Waals surface area contributed by atoms with Gasteiger partial charge in [0.2, 0.25) is 0 Å². The molecule has 1 fully saturated rings. The second-order valence-electron chi connectivity index (χ2n) is 8.02. The molecule has 0 aliphatic carbocycles. The van der Waals surface area contributed by atoms with Crippen molar-refractivity contribution in [3.8, 4) is 0 Å². The number of benzene rings is 2. The highest BCUT2D eigenvalue weighted by atomic mass is 16.6. The third kappa shape index (κ3) is 4.64. The van der Waals surface area contributed by atoms with Gasteiger partial charge in [0.05, 0.1) is 37.2 Å². The fraction of sp³-hybridized carbons (Fsp3) is 0.304. The molecule has 1 saturated heterocycles. The Morgan fingerprint density at radius 1 is 1.10 bits per heavy atom. The number of nitrogens with one attached hydrogen (secondary N) is 1. The minimum atomic E-state index is -0.806. The summed E-state index contributed by atoms with van der Waals surface area (Å²) in [4.78, 5) is 39.0. The maximum absolute atomic E-state index is 12.9. The van der Waals surface area contributed by atoms with Gasteiger partial charge in [-0.2, -0.15) is 0 Å². The van der Waals surface area contributed by atoms with Crippen molar-refractivity contribution in [2.75, 3.05) is 27.2 Å². The number of amides is 1. The number of carbonyl (C=O) groups excluding carboxylic acids is 2.